The molecule has 8 heteroatoms. The fraction of sp³-hybridized carbons (Fsp3) is 0.300. The van der Waals surface area contributed by atoms with Crippen LogP contribution in [0.15, 0.2) is 53.3 Å². The molecule has 1 fully saturated rings. The standard InChI is InChI=1S/C20H21BrN6O/c1-15-19(23-24-27(15)18-4-2-3-17(21)13-18)20(28)26-11-9-25(10-12-26)14-16-5-7-22-8-6-16/h2-8,13H,9-12,14H2,1H3. The van der Waals surface area contributed by atoms with Gasteiger partial charge in [-0.1, -0.05) is 27.2 Å². The number of carbonyl (C=O) groups is 1. The van der Waals surface area contributed by atoms with Crippen molar-refractivity contribution in [1.29, 1.82) is 0 Å². The molecular weight excluding hydrogens is 420 g/mol. The fourth-order valence-electron chi connectivity index (χ4n) is 3.39. The summed E-state index contributed by atoms with van der Waals surface area (Å²) in [7, 11) is 0. The molecule has 0 atom stereocenters. The quantitative estimate of drug-likeness (QED) is 0.623. The molecule has 7 nitrogen and oxygen atoms in total. The van der Waals surface area contributed by atoms with E-state index in [4.69, 9.17) is 0 Å². The average Bonchev–Trinajstić information content (AvgIpc) is 3.10. The van der Waals surface area contributed by atoms with Gasteiger partial charge in [-0.05, 0) is 42.8 Å². The molecule has 1 saturated heterocycles. The zero-order valence-corrected chi connectivity index (χ0v) is 17.2. The number of piperazine rings is 1. The van der Waals surface area contributed by atoms with Gasteiger partial charge in [0, 0.05) is 49.6 Å². The summed E-state index contributed by atoms with van der Waals surface area (Å²) in [5.41, 5.74) is 3.29. The third kappa shape index (κ3) is 3.98. The van der Waals surface area contributed by atoms with Crippen LogP contribution >= 0.6 is 15.9 Å². The highest BCUT2D eigenvalue weighted by Gasteiger charge is 2.26. The molecule has 4 rings (SSSR count). The Hall–Kier alpha value is -2.58. The molecular formula is C20H21BrN6O. The molecule has 1 amide bonds. The highest BCUT2D eigenvalue weighted by atomic mass is 79.9. The van der Waals surface area contributed by atoms with Gasteiger partial charge in [0.1, 0.15) is 0 Å². The number of nitrogens with zero attached hydrogens (tertiary/aromatic N) is 6. The van der Waals surface area contributed by atoms with Crippen LogP contribution in [0.5, 0.6) is 0 Å². The molecule has 28 heavy (non-hydrogen) atoms. The lowest BCUT2D eigenvalue weighted by atomic mass is 10.2. The lowest BCUT2D eigenvalue weighted by Gasteiger charge is -2.34. The average molecular weight is 441 g/mol. The molecule has 1 aliphatic rings. The minimum absolute atomic E-state index is 0.0534. The molecule has 0 N–H and O–H groups in total. The minimum atomic E-state index is -0.0534. The summed E-state index contributed by atoms with van der Waals surface area (Å²) in [4.78, 5) is 21.2. The van der Waals surface area contributed by atoms with Crippen molar-refractivity contribution in [1.82, 2.24) is 29.8 Å². The fourth-order valence-corrected chi connectivity index (χ4v) is 3.77. The normalized spacial score (nSPS) is 15.0. The van der Waals surface area contributed by atoms with Crippen LogP contribution < -0.4 is 0 Å². The molecule has 144 valence electrons. The van der Waals surface area contributed by atoms with Gasteiger partial charge in [-0.15, -0.1) is 5.10 Å². The zero-order chi connectivity index (χ0) is 19.5. The highest BCUT2D eigenvalue weighted by Crippen LogP contribution is 2.18. The molecule has 2 aromatic heterocycles. The Morgan fingerprint density at radius 2 is 1.86 bits per heavy atom. The zero-order valence-electron chi connectivity index (χ0n) is 15.6. The Bertz CT molecular complexity index is 966. The number of aromatic nitrogens is 4. The van der Waals surface area contributed by atoms with Gasteiger partial charge in [0.2, 0.25) is 0 Å². The van der Waals surface area contributed by atoms with E-state index in [1.165, 1.54) is 5.56 Å². The second-order valence-corrected chi connectivity index (χ2v) is 7.75. The molecule has 0 unspecified atom stereocenters. The van der Waals surface area contributed by atoms with Crippen molar-refractivity contribution < 1.29 is 4.79 Å². The van der Waals surface area contributed by atoms with Gasteiger partial charge in [-0.25, -0.2) is 4.68 Å². The molecule has 1 aliphatic heterocycles. The molecule has 3 heterocycles. The molecule has 0 bridgehead atoms. The summed E-state index contributed by atoms with van der Waals surface area (Å²) in [5, 5.41) is 8.37. The lowest BCUT2D eigenvalue weighted by Crippen LogP contribution is -2.48. The van der Waals surface area contributed by atoms with Crippen molar-refractivity contribution in [3.63, 3.8) is 0 Å². The number of carbonyl (C=O) groups excluding carboxylic acids is 1. The van der Waals surface area contributed by atoms with Crippen molar-refractivity contribution in [3.05, 3.63) is 70.2 Å². The maximum Gasteiger partial charge on any atom is 0.276 e. The smallest absolute Gasteiger partial charge is 0.276 e. The van der Waals surface area contributed by atoms with Crippen LogP contribution in [0.3, 0.4) is 0 Å². The lowest BCUT2D eigenvalue weighted by molar-refractivity contribution is 0.0622. The van der Waals surface area contributed by atoms with Crippen LogP contribution in [-0.4, -0.2) is 61.9 Å². The van der Waals surface area contributed by atoms with Crippen LogP contribution in [0.2, 0.25) is 0 Å². The van der Waals surface area contributed by atoms with E-state index in [9.17, 15) is 4.79 Å². The third-order valence-corrected chi connectivity index (χ3v) is 5.46. The summed E-state index contributed by atoms with van der Waals surface area (Å²) in [6.45, 7) is 5.82. The van der Waals surface area contributed by atoms with E-state index in [1.54, 1.807) is 4.68 Å². The molecule has 0 saturated carbocycles. The summed E-state index contributed by atoms with van der Waals surface area (Å²) < 4.78 is 2.66. The Morgan fingerprint density at radius 3 is 2.57 bits per heavy atom. The van der Waals surface area contributed by atoms with Crippen LogP contribution in [0.4, 0.5) is 0 Å². The van der Waals surface area contributed by atoms with Crippen molar-refractivity contribution in [2.45, 2.75) is 13.5 Å². The summed E-state index contributed by atoms with van der Waals surface area (Å²) in [6.07, 6.45) is 3.62. The first-order valence-corrected chi connectivity index (χ1v) is 10.00. The van der Waals surface area contributed by atoms with Gasteiger partial charge in [-0.3, -0.25) is 14.7 Å². The summed E-state index contributed by atoms with van der Waals surface area (Å²) in [6, 6.07) is 11.8. The first-order chi connectivity index (χ1) is 13.6. The second-order valence-electron chi connectivity index (χ2n) is 6.84. The van der Waals surface area contributed by atoms with Gasteiger partial charge in [0.25, 0.3) is 5.91 Å². The Labute approximate surface area is 172 Å². The van der Waals surface area contributed by atoms with E-state index in [2.05, 4.69) is 36.1 Å². The Balaban J connectivity index is 1.42. The van der Waals surface area contributed by atoms with E-state index in [-0.39, 0.29) is 5.91 Å². The van der Waals surface area contributed by atoms with Crippen molar-refractivity contribution >= 4 is 21.8 Å². The van der Waals surface area contributed by atoms with Crippen molar-refractivity contribution in [2.75, 3.05) is 26.2 Å². The van der Waals surface area contributed by atoms with E-state index in [0.29, 0.717) is 18.8 Å². The molecule has 1 aromatic carbocycles. The van der Waals surface area contributed by atoms with Crippen LogP contribution in [0.25, 0.3) is 5.69 Å². The van der Waals surface area contributed by atoms with Gasteiger partial charge < -0.3 is 4.90 Å². The van der Waals surface area contributed by atoms with Crippen molar-refractivity contribution in [2.24, 2.45) is 0 Å². The summed E-state index contributed by atoms with van der Waals surface area (Å²) >= 11 is 3.47. The van der Waals surface area contributed by atoms with Crippen LogP contribution in [0, 0.1) is 6.92 Å². The number of hydrogen-bond donors (Lipinski definition) is 0. The minimum Gasteiger partial charge on any atom is -0.335 e. The number of pyridine rings is 1. The topological polar surface area (TPSA) is 67.2 Å². The Kier molecular flexibility index (Phi) is 5.50. The van der Waals surface area contributed by atoms with Crippen LogP contribution in [0.1, 0.15) is 21.7 Å². The predicted molar refractivity (Wildman–Crippen MR) is 109 cm³/mol. The van der Waals surface area contributed by atoms with E-state index >= 15 is 0 Å². The SMILES string of the molecule is Cc1c(C(=O)N2CCN(Cc3ccncc3)CC2)nnn1-c1cccc(Br)c1. The number of hydrogen-bond acceptors (Lipinski definition) is 5. The van der Waals surface area contributed by atoms with Gasteiger partial charge in [-0.2, -0.15) is 0 Å². The number of amides is 1. The number of rotatable bonds is 4. The Morgan fingerprint density at radius 1 is 1.11 bits per heavy atom. The van der Waals surface area contributed by atoms with Gasteiger partial charge in [0.05, 0.1) is 11.4 Å². The number of halogens is 1. The second kappa shape index (κ2) is 8.20. The van der Waals surface area contributed by atoms with E-state index in [1.807, 2.05) is 60.6 Å². The predicted octanol–water partition coefficient (Wildman–Crippen LogP) is 2.69. The molecule has 0 radical (unpaired) electrons. The summed E-state index contributed by atoms with van der Waals surface area (Å²) in [5.74, 6) is -0.0534. The third-order valence-electron chi connectivity index (χ3n) is 4.96. The number of benzene rings is 1. The van der Waals surface area contributed by atoms with Gasteiger partial charge >= 0.3 is 0 Å². The highest BCUT2D eigenvalue weighted by molar-refractivity contribution is 9.10. The maximum atomic E-state index is 13.0. The first-order valence-electron chi connectivity index (χ1n) is 9.20. The van der Waals surface area contributed by atoms with Gasteiger partial charge in [0.15, 0.2) is 5.69 Å². The monoisotopic (exact) mass is 440 g/mol. The maximum absolute atomic E-state index is 13.0. The molecule has 0 spiro atoms. The van der Waals surface area contributed by atoms with E-state index in [0.717, 1.165) is 35.5 Å². The van der Waals surface area contributed by atoms with Crippen LogP contribution in [-0.2, 0) is 6.54 Å². The molecule has 3 aromatic rings. The first kappa shape index (κ1) is 18.8. The molecule has 0 aliphatic carbocycles. The van der Waals surface area contributed by atoms with E-state index < -0.39 is 0 Å². The van der Waals surface area contributed by atoms with Crippen molar-refractivity contribution in [3.8, 4) is 5.69 Å². The largest absolute Gasteiger partial charge is 0.335 e.